The molecule has 6 heteroatoms. The van der Waals surface area contributed by atoms with Gasteiger partial charge in [0.05, 0.1) is 19.2 Å². The Morgan fingerprint density at radius 2 is 2.00 bits per heavy atom. The summed E-state index contributed by atoms with van der Waals surface area (Å²) in [6, 6.07) is -0.218. The lowest BCUT2D eigenvalue weighted by Crippen LogP contribution is -2.42. The third kappa shape index (κ3) is 4.08. The molecule has 1 amide bonds. The van der Waals surface area contributed by atoms with Crippen LogP contribution in [0.2, 0.25) is 0 Å². The Hall–Kier alpha value is -1.85. The molecule has 0 saturated heterocycles. The van der Waals surface area contributed by atoms with Gasteiger partial charge in [0.25, 0.3) is 5.91 Å². The van der Waals surface area contributed by atoms with Crippen LogP contribution < -0.4 is 5.32 Å². The second-order valence-electron chi connectivity index (χ2n) is 5.91. The van der Waals surface area contributed by atoms with Crippen LogP contribution >= 0.6 is 0 Å². The molecule has 1 heterocycles. The minimum Gasteiger partial charge on any atom is -0.469 e. The van der Waals surface area contributed by atoms with Gasteiger partial charge in [-0.15, -0.1) is 0 Å². The third-order valence-electron chi connectivity index (χ3n) is 4.26. The third-order valence-corrected chi connectivity index (χ3v) is 4.26. The molecule has 1 aliphatic carbocycles. The zero-order valence-corrected chi connectivity index (χ0v) is 13.5. The molecule has 1 saturated carbocycles. The van der Waals surface area contributed by atoms with Crippen molar-refractivity contribution in [1.82, 2.24) is 10.3 Å². The normalized spacial score (nSPS) is 17.0. The first-order chi connectivity index (χ1) is 10.5. The van der Waals surface area contributed by atoms with Crippen LogP contribution in [0, 0.1) is 19.8 Å². The van der Waals surface area contributed by atoms with Gasteiger partial charge in [0.1, 0.15) is 0 Å². The summed E-state index contributed by atoms with van der Waals surface area (Å²) in [5.41, 5.74) is 0.565. The molecule has 0 unspecified atom stereocenters. The number of oxazole rings is 1. The van der Waals surface area contributed by atoms with E-state index in [9.17, 15) is 9.59 Å². The van der Waals surface area contributed by atoms with Crippen molar-refractivity contribution in [1.29, 1.82) is 0 Å². The molecule has 1 aromatic rings. The molecule has 0 aromatic carbocycles. The number of nitrogens with zero attached hydrogens (tertiary/aromatic N) is 1. The highest BCUT2D eigenvalue weighted by Crippen LogP contribution is 2.28. The number of hydrogen-bond donors (Lipinski definition) is 1. The fraction of sp³-hybridized carbons (Fsp3) is 0.688. The highest BCUT2D eigenvalue weighted by atomic mass is 16.5. The number of methoxy groups -OCH3 is 1. The monoisotopic (exact) mass is 308 g/mol. The molecule has 0 aliphatic heterocycles. The van der Waals surface area contributed by atoms with Crippen molar-refractivity contribution in [3.63, 3.8) is 0 Å². The Morgan fingerprint density at radius 1 is 1.32 bits per heavy atom. The van der Waals surface area contributed by atoms with E-state index in [1.165, 1.54) is 13.5 Å². The van der Waals surface area contributed by atoms with E-state index in [1.54, 1.807) is 13.8 Å². The van der Waals surface area contributed by atoms with Crippen LogP contribution in [0.1, 0.15) is 60.7 Å². The zero-order valence-electron chi connectivity index (χ0n) is 13.5. The Balaban J connectivity index is 2.09. The number of nitrogens with one attached hydrogen (secondary N) is 1. The smallest absolute Gasteiger partial charge is 0.307 e. The van der Waals surface area contributed by atoms with Gasteiger partial charge < -0.3 is 14.5 Å². The fourth-order valence-corrected chi connectivity index (χ4v) is 3.11. The van der Waals surface area contributed by atoms with Crippen LogP contribution in [0.4, 0.5) is 0 Å². The van der Waals surface area contributed by atoms with Crippen molar-refractivity contribution in [2.75, 3.05) is 7.11 Å². The first kappa shape index (κ1) is 16.5. The Kier molecular flexibility index (Phi) is 5.57. The quantitative estimate of drug-likeness (QED) is 0.845. The molecular weight excluding hydrogens is 284 g/mol. The first-order valence-electron chi connectivity index (χ1n) is 7.83. The summed E-state index contributed by atoms with van der Waals surface area (Å²) in [6.45, 7) is 3.44. The predicted molar refractivity (Wildman–Crippen MR) is 80.4 cm³/mol. The lowest BCUT2D eigenvalue weighted by Gasteiger charge is -2.30. The highest BCUT2D eigenvalue weighted by Gasteiger charge is 2.29. The number of ether oxygens (including phenoxy) is 1. The van der Waals surface area contributed by atoms with E-state index < -0.39 is 0 Å². The SMILES string of the molecule is COC(=O)C[C@H](NC(=O)c1oc(C)nc1C)C1CCCCC1. The van der Waals surface area contributed by atoms with E-state index in [2.05, 4.69) is 10.3 Å². The number of carbonyl (C=O) groups is 2. The van der Waals surface area contributed by atoms with Crippen molar-refractivity contribution in [3.8, 4) is 0 Å². The Labute approximate surface area is 130 Å². The van der Waals surface area contributed by atoms with Gasteiger partial charge in [0.15, 0.2) is 5.89 Å². The van der Waals surface area contributed by atoms with Gasteiger partial charge in [-0.3, -0.25) is 9.59 Å². The van der Waals surface area contributed by atoms with Gasteiger partial charge in [-0.1, -0.05) is 19.3 Å². The number of esters is 1. The molecule has 0 radical (unpaired) electrons. The van der Waals surface area contributed by atoms with Crippen LogP contribution in [0.5, 0.6) is 0 Å². The predicted octanol–water partition coefficient (Wildman–Crippen LogP) is 2.53. The van der Waals surface area contributed by atoms with E-state index in [4.69, 9.17) is 9.15 Å². The maximum Gasteiger partial charge on any atom is 0.307 e. The second kappa shape index (κ2) is 7.42. The minimum atomic E-state index is -0.308. The van der Waals surface area contributed by atoms with Crippen LogP contribution in [-0.2, 0) is 9.53 Å². The van der Waals surface area contributed by atoms with Crippen LogP contribution in [-0.4, -0.2) is 30.0 Å². The number of aryl methyl sites for hydroxylation is 2. The van der Waals surface area contributed by atoms with Crippen LogP contribution in [0.25, 0.3) is 0 Å². The van der Waals surface area contributed by atoms with Crippen molar-refractivity contribution >= 4 is 11.9 Å². The molecule has 1 atom stereocenters. The molecule has 1 aliphatic rings. The lowest BCUT2D eigenvalue weighted by molar-refractivity contribution is -0.141. The van der Waals surface area contributed by atoms with Gasteiger partial charge >= 0.3 is 5.97 Å². The highest BCUT2D eigenvalue weighted by molar-refractivity contribution is 5.92. The summed E-state index contributed by atoms with van der Waals surface area (Å²) in [4.78, 5) is 28.2. The summed E-state index contributed by atoms with van der Waals surface area (Å²) in [5.74, 6) is 0.382. The molecule has 22 heavy (non-hydrogen) atoms. The van der Waals surface area contributed by atoms with E-state index >= 15 is 0 Å². The number of hydrogen-bond acceptors (Lipinski definition) is 5. The van der Waals surface area contributed by atoms with E-state index in [0.29, 0.717) is 17.5 Å². The molecule has 1 aromatic heterocycles. The van der Waals surface area contributed by atoms with E-state index in [-0.39, 0.29) is 30.1 Å². The first-order valence-corrected chi connectivity index (χ1v) is 7.83. The van der Waals surface area contributed by atoms with Crippen molar-refractivity contribution in [3.05, 3.63) is 17.3 Å². The maximum absolute atomic E-state index is 12.4. The Morgan fingerprint density at radius 3 is 2.55 bits per heavy atom. The second-order valence-corrected chi connectivity index (χ2v) is 5.91. The van der Waals surface area contributed by atoms with Crippen molar-refractivity contribution in [2.24, 2.45) is 5.92 Å². The lowest BCUT2D eigenvalue weighted by atomic mass is 9.82. The number of aromatic nitrogens is 1. The van der Waals surface area contributed by atoms with E-state index in [1.807, 2.05) is 0 Å². The van der Waals surface area contributed by atoms with Gasteiger partial charge in [-0.25, -0.2) is 4.98 Å². The zero-order chi connectivity index (χ0) is 16.1. The fourth-order valence-electron chi connectivity index (χ4n) is 3.11. The summed E-state index contributed by atoms with van der Waals surface area (Å²) in [7, 11) is 1.37. The van der Waals surface area contributed by atoms with Crippen molar-refractivity contribution < 1.29 is 18.7 Å². The topological polar surface area (TPSA) is 81.4 Å². The largest absolute Gasteiger partial charge is 0.469 e. The summed E-state index contributed by atoms with van der Waals surface area (Å²) in [6.07, 6.45) is 5.74. The minimum absolute atomic E-state index is 0.194. The molecule has 0 spiro atoms. The number of rotatable bonds is 5. The summed E-state index contributed by atoms with van der Waals surface area (Å²) < 4.78 is 10.1. The molecule has 1 N–H and O–H groups in total. The molecule has 2 rings (SSSR count). The van der Waals surface area contributed by atoms with Crippen LogP contribution in [0.3, 0.4) is 0 Å². The van der Waals surface area contributed by atoms with E-state index in [0.717, 1.165) is 25.7 Å². The van der Waals surface area contributed by atoms with Gasteiger partial charge in [0.2, 0.25) is 5.76 Å². The average Bonchev–Trinajstić information content (AvgIpc) is 2.86. The summed E-state index contributed by atoms with van der Waals surface area (Å²) in [5, 5.41) is 2.95. The molecule has 0 bridgehead atoms. The molecule has 122 valence electrons. The molecule has 1 fully saturated rings. The van der Waals surface area contributed by atoms with Gasteiger partial charge in [-0.2, -0.15) is 0 Å². The molecular formula is C16H24N2O4. The number of amides is 1. The van der Waals surface area contributed by atoms with Gasteiger partial charge in [0, 0.05) is 13.0 Å². The summed E-state index contributed by atoms with van der Waals surface area (Å²) >= 11 is 0. The van der Waals surface area contributed by atoms with Crippen molar-refractivity contribution in [2.45, 2.75) is 58.4 Å². The van der Waals surface area contributed by atoms with Crippen LogP contribution in [0.15, 0.2) is 4.42 Å². The Bertz CT molecular complexity index is 532. The average molecular weight is 308 g/mol. The van der Waals surface area contributed by atoms with Gasteiger partial charge in [-0.05, 0) is 25.7 Å². The molecule has 6 nitrogen and oxygen atoms in total. The standard InChI is InChI=1S/C16H24N2O4/c1-10-15(22-11(2)17-10)16(20)18-13(9-14(19)21-3)12-7-5-4-6-8-12/h12-13H,4-9H2,1-3H3,(H,18,20)/t13-/m0/s1. The maximum atomic E-state index is 12.4. The number of carbonyl (C=O) groups excluding carboxylic acids is 2.